The highest BCUT2D eigenvalue weighted by molar-refractivity contribution is 6.04. The molecular weight excluding hydrogens is 496 g/mol. The van der Waals surface area contributed by atoms with E-state index in [4.69, 9.17) is 0 Å². The molecule has 3 rings (SSSR count). The highest BCUT2D eigenvalue weighted by atomic mass is 16.6. The number of phenols is 1. The van der Waals surface area contributed by atoms with Gasteiger partial charge >= 0.3 is 0 Å². The Morgan fingerprint density at radius 3 is 2.10 bits per heavy atom. The van der Waals surface area contributed by atoms with Gasteiger partial charge in [0, 0.05) is 32.0 Å². The van der Waals surface area contributed by atoms with E-state index in [0.29, 0.717) is 0 Å². The summed E-state index contributed by atoms with van der Waals surface area (Å²) in [4.78, 5) is 34.7. The molecule has 0 saturated carbocycles. The number of ketones is 2. The summed E-state index contributed by atoms with van der Waals surface area (Å²) in [6.07, 6.45) is 5.95. The van der Waals surface area contributed by atoms with Crippen LogP contribution in [0.3, 0.4) is 0 Å². The van der Waals surface area contributed by atoms with Gasteiger partial charge in [-0.1, -0.05) is 50.5 Å². The number of aromatic nitrogens is 1. The maximum atomic E-state index is 11.8. The number of carbonyl (C=O) groups is 2. The third-order valence-corrected chi connectivity index (χ3v) is 6.73. The van der Waals surface area contributed by atoms with E-state index in [-0.39, 0.29) is 22.8 Å². The molecule has 1 aromatic heterocycles. The highest BCUT2D eigenvalue weighted by Crippen LogP contribution is 2.34. The van der Waals surface area contributed by atoms with Gasteiger partial charge in [-0.3, -0.25) is 19.7 Å². The minimum Gasteiger partial charge on any atom is -0.501 e. The highest BCUT2D eigenvalue weighted by Gasteiger charge is 2.28. The molecule has 0 unspecified atom stereocenters. The van der Waals surface area contributed by atoms with Crippen molar-refractivity contribution in [2.45, 2.75) is 72.8 Å². The first-order valence-electron chi connectivity index (χ1n) is 13.2. The number of hydrogen-bond donors (Lipinski definition) is 3. The van der Waals surface area contributed by atoms with Crippen LogP contribution in [-0.2, 0) is 16.0 Å². The lowest BCUT2D eigenvalue weighted by molar-refractivity contribution is -0.610. The molecule has 39 heavy (non-hydrogen) atoms. The van der Waals surface area contributed by atoms with Crippen LogP contribution in [-0.4, -0.2) is 27.6 Å². The molecule has 0 aliphatic carbocycles. The fraction of sp³-hybridized carbons (Fsp3) is 0.367. The summed E-state index contributed by atoms with van der Waals surface area (Å²) < 4.78 is 1.73. The number of hydrogen-bond acceptors (Lipinski definition) is 7. The number of carbonyl (C=O) groups excluding carboxylic acids is 2. The lowest BCUT2D eigenvalue weighted by atomic mass is 10.00. The van der Waals surface area contributed by atoms with E-state index in [0.717, 1.165) is 35.0 Å². The van der Waals surface area contributed by atoms with E-state index in [9.17, 15) is 24.8 Å². The molecule has 0 saturated heterocycles. The third-order valence-electron chi connectivity index (χ3n) is 6.73. The van der Waals surface area contributed by atoms with Gasteiger partial charge in [0.05, 0.1) is 11.0 Å². The summed E-state index contributed by atoms with van der Waals surface area (Å²) in [5.74, 6) is -1.13. The number of nitro benzene ring substituents is 1. The van der Waals surface area contributed by atoms with E-state index >= 15 is 0 Å². The molecule has 1 heterocycles. The van der Waals surface area contributed by atoms with Crippen molar-refractivity contribution in [3.8, 4) is 22.6 Å². The monoisotopic (exact) mass is 533 g/mol. The van der Waals surface area contributed by atoms with Gasteiger partial charge in [0.25, 0.3) is 11.4 Å². The van der Waals surface area contributed by atoms with Crippen molar-refractivity contribution in [2.24, 2.45) is 0 Å². The molecule has 0 aliphatic rings. The Hall–Kier alpha value is -4.11. The number of rotatable bonds is 13. The maximum absolute atomic E-state index is 11.8. The minimum atomic E-state index is -1.16. The minimum absolute atomic E-state index is 0.0309. The van der Waals surface area contributed by atoms with Crippen molar-refractivity contribution in [1.29, 1.82) is 0 Å². The van der Waals surface area contributed by atoms with Crippen molar-refractivity contribution in [1.82, 2.24) is 5.43 Å². The van der Waals surface area contributed by atoms with Crippen LogP contribution in [0.1, 0.15) is 63.4 Å². The van der Waals surface area contributed by atoms with Crippen LogP contribution in [0.25, 0.3) is 16.8 Å². The maximum Gasteiger partial charge on any atom is 0.278 e. The van der Waals surface area contributed by atoms with Crippen LogP contribution in [0.15, 0.2) is 48.5 Å². The number of unbranched alkanes of at least 4 members (excludes halogenated alkanes) is 3. The Kier molecular flexibility index (Phi) is 9.89. The number of nitrogens with one attached hydrogen (secondary N) is 2. The molecule has 0 aliphatic heterocycles. The Morgan fingerprint density at radius 2 is 1.56 bits per heavy atom. The summed E-state index contributed by atoms with van der Waals surface area (Å²) in [6.45, 7) is 8.44. The Morgan fingerprint density at radius 1 is 0.949 bits per heavy atom. The van der Waals surface area contributed by atoms with Crippen molar-refractivity contribution >= 4 is 22.9 Å². The van der Waals surface area contributed by atoms with Crippen LogP contribution in [0, 0.1) is 24.0 Å². The lowest BCUT2D eigenvalue weighted by Crippen LogP contribution is -2.44. The molecule has 0 atom stereocenters. The van der Waals surface area contributed by atoms with Crippen LogP contribution >= 0.6 is 0 Å². The van der Waals surface area contributed by atoms with Crippen molar-refractivity contribution < 1.29 is 24.2 Å². The van der Waals surface area contributed by atoms with E-state index in [1.54, 1.807) is 4.57 Å². The zero-order valence-corrected chi connectivity index (χ0v) is 23.2. The molecule has 0 spiro atoms. The van der Waals surface area contributed by atoms with Gasteiger partial charge < -0.3 is 10.5 Å². The predicted octanol–water partition coefficient (Wildman–Crippen LogP) is 5.45. The van der Waals surface area contributed by atoms with Crippen LogP contribution < -0.4 is 15.4 Å². The van der Waals surface area contributed by atoms with Crippen LogP contribution in [0.5, 0.6) is 5.75 Å². The number of nitro groups is 1. The first-order chi connectivity index (χ1) is 18.5. The topological polar surface area (TPSA) is 125 Å². The number of nitrogens with zero attached hydrogens (tertiary/aromatic N) is 2. The zero-order valence-electron chi connectivity index (χ0n) is 23.2. The second kappa shape index (κ2) is 13.1. The molecule has 0 radical (unpaired) electrons. The second-order valence-corrected chi connectivity index (χ2v) is 9.91. The van der Waals surface area contributed by atoms with E-state index in [1.165, 1.54) is 51.2 Å². The van der Waals surface area contributed by atoms with E-state index in [2.05, 4.69) is 42.0 Å². The fourth-order valence-electron chi connectivity index (χ4n) is 4.68. The number of pyridine rings is 1. The molecule has 3 aromatic rings. The molecule has 9 heteroatoms. The SMILES string of the molecule is CCCCCCc1ccc(-c2cc(C)[n+](-c3cc([N+](=O)[O-])cc(NNC(C(C)=O)C(C)=O)c3O)c(C)c2)cc1. The second-order valence-electron chi connectivity index (χ2n) is 9.91. The van der Waals surface area contributed by atoms with Gasteiger partial charge in [-0.25, -0.2) is 5.43 Å². The Bertz CT molecular complexity index is 1330. The molecule has 0 bridgehead atoms. The first kappa shape index (κ1) is 29.4. The fourth-order valence-corrected chi connectivity index (χ4v) is 4.68. The number of Topliss-reactive ketones (excluding diaryl/α,β-unsaturated/α-hetero) is 2. The van der Waals surface area contributed by atoms with Gasteiger partial charge in [-0.15, -0.1) is 0 Å². The molecule has 0 fully saturated rings. The van der Waals surface area contributed by atoms with Crippen LogP contribution in [0.4, 0.5) is 11.4 Å². The summed E-state index contributed by atoms with van der Waals surface area (Å²) in [5.41, 5.74) is 9.96. The van der Waals surface area contributed by atoms with Gasteiger partial charge in [-0.05, 0) is 43.4 Å². The van der Waals surface area contributed by atoms with Crippen molar-refractivity contribution in [3.05, 3.63) is 75.6 Å². The average Bonchev–Trinajstić information content (AvgIpc) is 2.87. The summed E-state index contributed by atoms with van der Waals surface area (Å²) in [7, 11) is 0. The smallest absolute Gasteiger partial charge is 0.278 e. The summed E-state index contributed by atoms with van der Waals surface area (Å²) >= 11 is 0. The summed E-state index contributed by atoms with van der Waals surface area (Å²) in [5, 5.41) is 22.8. The normalized spacial score (nSPS) is 11.0. The molecule has 206 valence electrons. The Labute approximate surface area is 229 Å². The number of aryl methyl sites for hydroxylation is 3. The number of benzene rings is 2. The number of non-ortho nitro benzene ring substituents is 1. The summed E-state index contributed by atoms with van der Waals surface area (Å²) in [6, 6.07) is 13.7. The standard InChI is InChI=1S/C30H36N4O5/c1-6-7-8-9-10-23-11-13-24(14-12-23)25-15-19(2)33(20(3)16-25)28-18-26(34(38)39)17-27(30(28)37)31-32-29(21(4)35)22(5)36/h11-18,29,31-32H,6-10H2,1-5H3/p+1. The number of phenolic OH excluding ortho intramolecular Hbond substituents is 1. The van der Waals surface area contributed by atoms with Crippen molar-refractivity contribution in [3.63, 3.8) is 0 Å². The van der Waals surface area contributed by atoms with E-state index < -0.39 is 22.5 Å². The molecule has 3 N–H and O–H groups in total. The quantitative estimate of drug-likeness (QED) is 0.0666. The third kappa shape index (κ3) is 7.26. The number of anilines is 1. The average molecular weight is 534 g/mol. The molecular formula is C30H37N4O5+. The van der Waals surface area contributed by atoms with Gasteiger partial charge in [0.1, 0.15) is 11.7 Å². The zero-order chi connectivity index (χ0) is 28.7. The van der Waals surface area contributed by atoms with Crippen molar-refractivity contribution in [2.75, 3.05) is 5.43 Å². The van der Waals surface area contributed by atoms with Crippen LogP contribution in [0.2, 0.25) is 0 Å². The van der Waals surface area contributed by atoms with E-state index in [1.807, 2.05) is 26.0 Å². The molecule has 9 nitrogen and oxygen atoms in total. The molecule has 0 amide bonds. The Balaban J connectivity index is 1.95. The largest absolute Gasteiger partial charge is 0.501 e. The number of hydrazine groups is 1. The molecule has 2 aromatic carbocycles. The van der Waals surface area contributed by atoms with Gasteiger partial charge in [0.2, 0.25) is 5.75 Å². The van der Waals surface area contributed by atoms with Gasteiger partial charge in [0.15, 0.2) is 23.0 Å². The predicted molar refractivity (Wildman–Crippen MR) is 151 cm³/mol. The number of aromatic hydroxyl groups is 1. The van der Waals surface area contributed by atoms with Gasteiger partial charge in [-0.2, -0.15) is 4.57 Å². The lowest BCUT2D eigenvalue weighted by Gasteiger charge is -2.16. The first-order valence-corrected chi connectivity index (χ1v) is 13.2.